The third-order valence-electron chi connectivity index (χ3n) is 2.08. The maximum atomic E-state index is 9.28. The molecule has 6 heteroatoms. The number of methoxy groups -OCH3 is 1. The van der Waals surface area contributed by atoms with Crippen molar-refractivity contribution in [3.63, 3.8) is 0 Å². The lowest BCUT2D eigenvalue weighted by atomic mass is 9.99. The Morgan fingerprint density at radius 1 is 1.15 bits per heavy atom. The smallest absolute Gasteiger partial charge is 0.186 e. The molecule has 78 valence electrons. The van der Waals surface area contributed by atoms with Crippen molar-refractivity contribution in [2.24, 2.45) is 0 Å². The minimum Gasteiger partial charge on any atom is -0.394 e. The van der Waals surface area contributed by atoms with Crippen molar-refractivity contribution in [3.8, 4) is 0 Å². The van der Waals surface area contributed by atoms with E-state index < -0.39 is 37.3 Å². The van der Waals surface area contributed by atoms with Crippen LogP contribution in [0.2, 0.25) is 0 Å². The lowest BCUT2D eigenvalue weighted by molar-refractivity contribution is -0.294. The first kappa shape index (κ1) is 10.8. The molecule has 1 aliphatic heterocycles. The zero-order chi connectivity index (χ0) is 10.0. The van der Waals surface area contributed by atoms with Crippen molar-refractivity contribution < 1.29 is 29.9 Å². The summed E-state index contributed by atoms with van der Waals surface area (Å²) < 4.78 is 9.65. The van der Waals surface area contributed by atoms with Crippen LogP contribution in [0.3, 0.4) is 0 Å². The molecule has 5 atom stereocenters. The maximum Gasteiger partial charge on any atom is 0.186 e. The number of aliphatic hydroxyl groups excluding tert-OH is 4. The van der Waals surface area contributed by atoms with Gasteiger partial charge in [-0.05, 0) is 0 Å². The lowest BCUT2D eigenvalue weighted by Crippen LogP contribution is -2.58. The molecule has 4 N–H and O–H groups in total. The van der Waals surface area contributed by atoms with Crippen molar-refractivity contribution in [2.75, 3.05) is 13.7 Å². The van der Waals surface area contributed by atoms with Gasteiger partial charge in [-0.3, -0.25) is 0 Å². The normalized spacial score (nSPS) is 46.4. The van der Waals surface area contributed by atoms with E-state index in [-0.39, 0.29) is 0 Å². The molecule has 0 radical (unpaired) electrons. The number of hydrogen-bond acceptors (Lipinski definition) is 6. The fraction of sp³-hybridized carbons (Fsp3) is 1.00. The van der Waals surface area contributed by atoms with E-state index in [9.17, 15) is 15.3 Å². The van der Waals surface area contributed by atoms with Gasteiger partial charge in [-0.15, -0.1) is 0 Å². The quantitative estimate of drug-likeness (QED) is 0.386. The molecule has 0 spiro atoms. The Kier molecular flexibility index (Phi) is 3.60. The molecule has 0 aliphatic carbocycles. The molecule has 0 aromatic carbocycles. The van der Waals surface area contributed by atoms with Crippen LogP contribution in [0.1, 0.15) is 0 Å². The fourth-order valence-corrected chi connectivity index (χ4v) is 1.26. The molecule has 0 saturated carbocycles. The van der Waals surface area contributed by atoms with Crippen LogP contribution in [-0.4, -0.2) is 64.8 Å². The Bertz CT molecular complexity index is 143. The van der Waals surface area contributed by atoms with Crippen LogP contribution >= 0.6 is 0 Å². The Morgan fingerprint density at radius 2 is 1.77 bits per heavy atom. The summed E-state index contributed by atoms with van der Waals surface area (Å²) in [6, 6.07) is 0. The van der Waals surface area contributed by atoms with Gasteiger partial charge < -0.3 is 29.9 Å². The lowest BCUT2D eigenvalue weighted by Gasteiger charge is -2.38. The van der Waals surface area contributed by atoms with E-state index in [0.717, 1.165) is 0 Å². The molecule has 1 aliphatic rings. The molecule has 0 amide bonds. The Hall–Kier alpha value is -0.240. The summed E-state index contributed by atoms with van der Waals surface area (Å²) in [5.74, 6) is 0. The van der Waals surface area contributed by atoms with Gasteiger partial charge >= 0.3 is 0 Å². The van der Waals surface area contributed by atoms with Crippen LogP contribution in [0.15, 0.2) is 0 Å². The predicted octanol–water partition coefficient (Wildman–Crippen LogP) is -2.57. The van der Waals surface area contributed by atoms with E-state index in [1.165, 1.54) is 7.11 Å². The minimum atomic E-state index is -1.36. The molecule has 6 nitrogen and oxygen atoms in total. The van der Waals surface area contributed by atoms with E-state index in [4.69, 9.17) is 14.6 Å². The molecule has 0 aromatic rings. The molecule has 0 aromatic heterocycles. The number of aliphatic hydroxyl groups is 4. The Labute approximate surface area is 75.3 Å². The minimum absolute atomic E-state index is 0.440. The first-order valence-corrected chi connectivity index (χ1v) is 3.95. The highest BCUT2D eigenvalue weighted by molar-refractivity contribution is 4.88. The van der Waals surface area contributed by atoms with Crippen LogP contribution in [0.5, 0.6) is 0 Å². The molecule has 1 unspecified atom stereocenters. The summed E-state index contributed by atoms with van der Waals surface area (Å²) in [4.78, 5) is 0. The average Bonchev–Trinajstić information content (AvgIpc) is 2.15. The zero-order valence-electron chi connectivity index (χ0n) is 7.20. The largest absolute Gasteiger partial charge is 0.394 e. The van der Waals surface area contributed by atoms with E-state index in [0.29, 0.717) is 0 Å². The van der Waals surface area contributed by atoms with Crippen LogP contribution < -0.4 is 0 Å². The molecule has 0 bridgehead atoms. The standard InChI is InChI=1S/C7H14O6/c1-12-7-6(11)5(10)4(9)3(2-8)13-7/h3-11H,2H2,1H3/t3-,4-,5+,6-,7?/m0/s1. The highest BCUT2D eigenvalue weighted by atomic mass is 16.7. The van der Waals surface area contributed by atoms with Crippen molar-refractivity contribution >= 4 is 0 Å². The topological polar surface area (TPSA) is 99.4 Å². The monoisotopic (exact) mass is 194 g/mol. The first-order chi connectivity index (χ1) is 6.11. The van der Waals surface area contributed by atoms with E-state index in [1.54, 1.807) is 0 Å². The SMILES string of the molecule is COC1O[C@@H](CO)[C@H](O)[C@@H](O)[C@@H]1O. The maximum absolute atomic E-state index is 9.28. The van der Waals surface area contributed by atoms with E-state index in [2.05, 4.69) is 0 Å². The second-order valence-electron chi connectivity index (χ2n) is 2.93. The van der Waals surface area contributed by atoms with Gasteiger partial charge in [-0.25, -0.2) is 0 Å². The van der Waals surface area contributed by atoms with Crippen LogP contribution in [0, 0.1) is 0 Å². The average molecular weight is 194 g/mol. The highest BCUT2D eigenvalue weighted by Crippen LogP contribution is 2.20. The van der Waals surface area contributed by atoms with Gasteiger partial charge in [0.05, 0.1) is 6.61 Å². The van der Waals surface area contributed by atoms with Gasteiger partial charge in [0.25, 0.3) is 0 Å². The second-order valence-corrected chi connectivity index (χ2v) is 2.93. The summed E-state index contributed by atoms with van der Waals surface area (Å²) in [6.45, 7) is -0.440. The number of hydrogen-bond donors (Lipinski definition) is 4. The molecule has 1 fully saturated rings. The summed E-state index contributed by atoms with van der Waals surface area (Å²) in [5.41, 5.74) is 0. The molecular weight excluding hydrogens is 180 g/mol. The van der Waals surface area contributed by atoms with Crippen molar-refractivity contribution in [3.05, 3.63) is 0 Å². The summed E-state index contributed by atoms with van der Waals surface area (Å²) >= 11 is 0. The second kappa shape index (κ2) is 4.32. The Balaban J connectivity index is 2.66. The molecule has 13 heavy (non-hydrogen) atoms. The van der Waals surface area contributed by atoms with Crippen molar-refractivity contribution in [1.82, 2.24) is 0 Å². The third kappa shape index (κ3) is 1.98. The van der Waals surface area contributed by atoms with Gasteiger partial charge in [0.15, 0.2) is 6.29 Å². The highest BCUT2D eigenvalue weighted by Gasteiger charge is 2.43. The third-order valence-corrected chi connectivity index (χ3v) is 2.08. The number of rotatable bonds is 2. The van der Waals surface area contributed by atoms with Gasteiger partial charge in [0.1, 0.15) is 24.4 Å². The summed E-state index contributed by atoms with van der Waals surface area (Å²) in [6.07, 6.45) is -5.91. The van der Waals surface area contributed by atoms with Crippen LogP contribution in [-0.2, 0) is 9.47 Å². The zero-order valence-corrected chi connectivity index (χ0v) is 7.20. The Morgan fingerprint density at radius 3 is 2.23 bits per heavy atom. The van der Waals surface area contributed by atoms with Crippen LogP contribution in [0.4, 0.5) is 0 Å². The summed E-state index contributed by atoms with van der Waals surface area (Å²) in [7, 11) is 1.30. The molecular formula is C7H14O6. The molecule has 1 saturated heterocycles. The fourth-order valence-electron chi connectivity index (χ4n) is 1.26. The molecule has 1 heterocycles. The van der Waals surface area contributed by atoms with Gasteiger partial charge in [0.2, 0.25) is 0 Å². The van der Waals surface area contributed by atoms with Crippen LogP contribution in [0.25, 0.3) is 0 Å². The van der Waals surface area contributed by atoms with Crippen molar-refractivity contribution in [2.45, 2.75) is 30.7 Å². The van der Waals surface area contributed by atoms with E-state index in [1.807, 2.05) is 0 Å². The van der Waals surface area contributed by atoms with Gasteiger partial charge in [0, 0.05) is 7.11 Å². The first-order valence-electron chi connectivity index (χ1n) is 3.95. The predicted molar refractivity (Wildman–Crippen MR) is 40.8 cm³/mol. The summed E-state index contributed by atoms with van der Waals surface area (Å²) in [5, 5.41) is 36.6. The van der Waals surface area contributed by atoms with E-state index >= 15 is 0 Å². The van der Waals surface area contributed by atoms with Gasteiger partial charge in [-0.1, -0.05) is 0 Å². The molecule has 1 rings (SSSR count). The number of ether oxygens (including phenoxy) is 2. The van der Waals surface area contributed by atoms with Crippen molar-refractivity contribution in [1.29, 1.82) is 0 Å². The van der Waals surface area contributed by atoms with Gasteiger partial charge in [-0.2, -0.15) is 0 Å².